The molecule has 146 valence electrons. The monoisotopic (exact) mass is 385 g/mol. The number of hydrogen-bond acceptors (Lipinski definition) is 2. The Kier molecular flexibility index (Phi) is 6.37. The SMILES string of the molecule is COc1ccc(CC(NCc2ccccc2)c2ccc(C(F)(F)F)cc2)cc1. The lowest BCUT2D eigenvalue weighted by molar-refractivity contribution is -0.137. The average molecular weight is 385 g/mol. The normalized spacial score (nSPS) is 12.6. The lowest BCUT2D eigenvalue weighted by atomic mass is 9.97. The second kappa shape index (κ2) is 8.93. The van der Waals surface area contributed by atoms with E-state index in [9.17, 15) is 13.2 Å². The number of rotatable bonds is 7. The van der Waals surface area contributed by atoms with Crippen molar-refractivity contribution in [2.75, 3.05) is 7.11 Å². The van der Waals surface area contributed by atoms with E-state index in [2.05, 4.69) is 5.32 Å². The highest BCUT2D eigenvalue weighted by Crippen LogP contribution is 2.30. The minimum atomic E-state index is -4.33. The molecule has 0 aliphatic rings. The van der Waals surface area contributed by atoms with Gasteiger partial charge in [-0.15, -0.1) is 0 Å². The van der Waals surface area contributed by atoms with Crippen LogP contribution in [-0.4, -0.2) is 7.11 Å². The predicted octanol–water partition coefficient (Wildman–Crippen LogP) is 5.79. The van der Waals surface area contributed by atoms with Crippen molar-refractivity contribution in [3.63, 3.8) is 0 Å². The number of ether oxygens (including phenoxy) is 1. The van der Waals surface area contributed by atoms with Crippen molar-refractivity contribution in [2.45, 2.75) is 25.2 Å². The number of benzene rings is 3. The predicted molar refractivity (Wildman–Crippen MR) is 104 cm³/mol. The van der Waals surface area contributed by atoms with Crippen LogP contribution in [0.5, 0.6) is 5.75 Å². The molecule has 0 radical (unpaired) electrons. The van der Waals surface area contributed by atoms with E-state index in [1.807, 2.05) is 54.6 Å². The Morgan fingerprint density at radius 2 is 1.46 bits per heavy atom. The van der Waals surface area contributed by atoms with Gasteiger partial charge in [0.25, 0.3) is 0 Å². The third-order valence-electron chi connectivity index (χ3n) is 4.63. The maximum Gasteiger partial charge on any atom is 0.416 e. The van der Waals surface area contributed by atoms with Crippen molar-refractivity contribution >= 4 is 0 Å². The first kappa shape index (κ1) is 20.0. The lowest BCUT2D eigenvalue weighted by Gasteiger charge is -2.20. The lowest BCUT2D eigenvalue weighted by Crippen LogP contribution is -2.23. The summed E-state index contributed by atoms with van der Waals surface area (Å²) in [5.41, 5.74) is 2.38. The largest absolute Gasteiger partial charge is 0.497 e. The molecular formula is C23H22F3NO. The zero-order chi connectivity index (χ0) is 20.0. The van der Waals surface area contributed by atoms with Crippen LogP contribution < -0.4 is 10.1 Å². The van der Waals surface area contributed by atoms with E-state index < -0.39 is 11.7 Å². The summed E-state index contributed by atoms with van der Waals surface area (Å²) in [5.74, 6) is 0.770. The Labute approximate surface area is 163 Å². The molecule has 0 aliphatic heterocycles. The quantitative estimate of drug-likeness (QED) is 0.556. The van der Waals surface area contributed by atoms with Crippen LogP contribution in [0.15, 0.2) is 78.9 Å². The van der Waals surface area contributed by atoms with Crippen LogP contribution in [0.4, 0.5) is 13.2 Å². The van der Waals surface area contributed by atoms with Gasteiger partial charge in [0.15, 0.2) is 0 Å². The van der Waals surface area contributed by atoms with Crippen molar-refractivity contribution < 1.29 is 17.9 Å². The summed E-state index contributed by atoms with van der Waals surface area (Å²) >= 11 is 0. The van der Waals surface area contributed by atoms with Gasteiger partial charge in [-0.25, -0.2) is 0 Å². The molecule has 28 heavy (non-hydrogen) atoms. The Balaban J connectivity index is 1.80. The molecule has 0 spiro atoms. The topological polar surface area (TPSA) is 21.3 Å². The van der Waals surface area contributed by atoms with Gasteiger partial charge in [0.2, 0.25) is 0 Å². The molecule has 1 N–H and O–H groups in total. The highest BCUT2D eigenvalue weighted by molar-refractivity contribution is 5.31. The van der Waals surface area contributed by atoms with Crippen LogP contribution in [0.25, 0.3) is 0 Å². The summed E-state index contributed by atoms with van der Waals surface area (Å²) in [6, 6.07) is 22.9. The number of nitrogens with one attached hydrogen (secondary N) is 1. The number of hydrogen-bond donors (Lipinski definition) is 1. The minimum absolute atomic E-state index is 0.115. The van der Waals surface area contributed by atoms with Gasteiger partial charge in [-0.3, -0.25) is 0 Å². The molecule has 5 heteroatoms. The highest BCUT2D eigenvalue weighted by Gasteiger charge is 2.30. The van der Waals surface area contributed by atoms with Crippen molar-refractivity contribution in [1.29, 1.82) is 0 Å². The minimum Gasteiger partial charge on any atom is -0.497 e. The van der Waals surface area contributed by atoms with E-state index in [1.165, 1.54) is 0 Å². The molecule has 0 saturated carbocycles. The van der Waals surface area contributed by atoms with Gasteiger partial charge in [-0.1, -0.05) is 54.6 Å². The molecule has 3 rings (SSSR count). The van der Waals surface area contributed by atoms with Crippen LogP contribution in [0.2, 0.25) is 0 Å². The summed E-state index contributed by atoms with van der Waals surface area (Å²) in [5, 5.41) is 3.48. The van der Waals surface area contributed by atoms with Crippen LogP contribution in [0, 0.1) is 0 Å². The van der Waals surface area contributed by atoms with Gasteiger partial charge in [0.05, 0.1) is 12.7 Å². The van der Waals surface area contributed by atoms with E-state index in [4.69, 9.17) is 4.74 Å². The average Bonchev–Trinajstić information content (AvgIpc) is 2.72. The summed E-state index contributed by atoms with van der Waals surface area (Å²) in [7, 11) is 1.61. The molecule has 0 saturated heterocycles. The van der Waals surface area contributed by atoms with E-state index >= 15 is 0 Å². The molecule has 1 unspecified atom stereocenters. The zero-order valence-electron chi connectivity index (χ0n) is 15.5. The molecule has 3 aromatic carbocycles. The summed E-state index contributed by atoms with van der Waals surface area (Å²) in [4.78, 5) is 0. The smallest absolute Gasteiger partial charge is 0.416 e. The first-order chi connectivity index (χ1) is 13.5. The second-order valence-corrected chi connectivity index (χ2v) is 6.59. The fourth-order valence-corrected chi connectivity index (χ4v) is 3.05. The maximum absolute atomic E-state index is 12.9. The number of methoxy groups -OCH3 is 1. The Bertz CT molecular complexity index is 859. The van der Waals surface area contributed by atoms with Gasteiger partial charge in [0.1, 0.15) is 5.75 Å². The Hall–Kier alpha value is -2.79. The molecule has 0 fully saturated rings. The van der Waals surface area contributed by atoms with Crippen LogP contribution in [-0.2, 0) is 19.1 Å². The second-order valence-electron chi connectivity index (χ2n) is 6.59. The fourth-order valence-electron chi connectivity index (χ4n) is 3.05. The standard InChI is InChI=1S/C23H22F3NO/c1-28-21-13-7-17(8-14-21)15-22(27-16-18-5-3-2-4-6-18)19-9-11-20(12-10-19)23(24,25)26/h2-14,22,27H,15-16H2,1H3. The number of halogens is 3. The first-order valence-corrected chi connectivity index (χ1v) is 9.03. The van der Waals surface area contributed by atoms with Crippen LogP contribution in [0.3, 0.4) is 0 Å². The molecule has 3 aromatic rings. The molecule has 0 amide bonds. The summed E-state index contributed by atoms with van der Waals surface area (Å²) in [6.45, 7) is 0.628. The molecule has 0 heterocycles. The summed E-state index contributed by atoms with van der Waals surface area (Å²) in [6.07, 6.45) is -3.68. The van der Waals surface area contributed by atoms with Gasteiger partial charge >= 0.3 is 6.18 Å². The molecule has 2 nitrogen and oxygen atoms in total. The van der Waals surface area contributed by atoms with Crippen molar-refractivity contribution in [3.05, 3.63) is 101 Å². The number of alkyl halides is 3. The first-order valence-electron chi connectivity index (χ1n) is 9.03. The van der Waals surface area contributed by atoms with Crippen molar-refractivity contribution in [3.8, 4) is 5.75 Å². The van der Waals surface area contributed by atoms with Crippen molar-refractivity contribution in [1.82, 2.24) is 5.32 Å². The Morgan fingerprint density at radius 1 is 0.821 bits per heavy atom. The molecular weight excluding hydrogens is 363 g/mol. The summed E-state index contributed by atoms with van der Waals surface area (Å²) < 4.78 is 43.8. The highest BCUT2D eigenvalue weighted by atomic mass is 19.4. The van der Waals surface area contributed by atoms with Gasteiger partial charge in [-0.2, -0.15) is 13.2 Å². The van der Waals surface area contributed by atoms with Gasteiger partial charge in [0, 0.05) is 12.6 Å². The van der Waals surface area contributed by atoms with E-state index in [1.54, 1.807) is 19.2 Å². The molecule has 0 aliphatic carbocycles. The van der Waals surface area contributed by atoms with Crippen molar-refractivity contribution in [2.24, 2.45) is 0 Å². The van der Waals surface area contributed by atoms with E-state index in [0.29, 0.717) is 13.0 Å². The third kappa shape index (κ3) is 5.36. The van der Waals surface area contributed by atoms with Gasteiger partial charge < -0.3 is 10.1 Å². The van der Waals surface area contributed by atoms with E-state index in [0.717, 1.165) is 34.6 Å². The fraction of sp³-hybridized carbons (Fsp3) is 0.217. The zero-order valence-corrected chi connectivity index (χ0v) is 15.5. The Morgan fingerprint density at radius 3 is 2.04 bits per heavy atom. The third-order valence-corrected chi connectivity index (χ3v) is 4.63. The van der Waals surface area contributed by atoms with E-state index in [-0.39, 0.29) is 6.04 Å². The van der Waals surface area contributed by atoms with Gasteiger partial charge in [-0.05, 0) is 47.4 Å². The van der Waals surface area contributed by atoms with Crippen LogP contribution >= 0.6 is 0 Å². The molecule has 1 atom stereocenters. The van der Waals surface area contributed by atoms with Crippen LogP contribution in [0.1, 0.15) is 28.3 Å². The molecule has 0 bridgehead atoms. The maximum atomic E-state index is 12.9. The molecule has 0 aromatic heterocycles.